The Kier molecular flexibility index (Phi) is 2.69. The predicted octanol–water partition coefficient (Wildman–Crippen LogP) is 0.128. The molecule has 5 heteroatoms. The number of hydrogen-bond donors (Lipinski definition) is 0. The van der Waals surface area contributed by atoms with Gasteiger partial charge in [0.25, 0.3) is 0 Å². The Morgan fingerprint density at radius 2 is 2.12 bits per heavy atom. The highest BCUT2D eigenvalue weighted by Crippen LogP contribution is 2.35. The highest BCUT2D eigenvalue weighted by Gasteiger charge is 2.48. The smallest absolute Gasteiger partial charge is 0.328 e. The van der Waals surface area contributed by atoms with Crippen LogP contribution in [0.3, 0.4) is 0 Å². The minimum absolute atomic E-state index is 0.0244. The lowest BCUT2D eigenvalue weighted by molar-refractivity contribution is -0.155. The Bertz CT molecular complexity index is 352. The molecule has 2 saturated heterocycles. The predicted molar refractivity (Wildman–Crippen MR) is 54.5 cm³/mol. The fourth-order valence-electron chi connectivity index (χ4n) is 2.70. The first kappa shape index (κ1) is 11.1. The Hall–Kier alpha value is -1.39. The molecule has 2 aliphatic rings. The lowest BCUT2D eigenvalue weighted by atomic mass is 9.94. The molecular formula is C11H15NO4. The molecular weight excluding hydrogens is 210 g/mol. The summed E-state index contributed by atoms with van der Waals surface area (Å²) in [5, 5.41) is 0. The number of hydrogen-bond acceptors (Lipinski definition) is 4. The van der Waals surface area contributed by atoms with Crippen LogP contribution in [0.15, 0.2) is 0 Å². The third kappa shape index (κ3) is 1.60. The zero-order chi connectivity index (χ0) is 11.9. The molecule has 2 fully saturated rings. The number of rotatable bonds is 1. The van der Waals surface area contributed by atoms with Crippen LogP contribution in [0.5, 0.6) is 0 Å². The fourth-order valence-corrected chi connectivity index (χ4v) is 2.70. The Morgan fingerprint density at radius 1 is 1.44 bits per heavy atom. The minimum atomic E-state index is -0.495. The van der Waals surface area contributed by atoms with Gasteiger partial charge < -0.3 is 9.64 Å². The van der Waals surface area contributed by atoms with Gasteiger partial charge in [0.1, 0.15) is 11.8 Å². The molecule has 0 radical (unpaired) electrons. The van der Waals surface area contributed by atoms with E-state index in [0.717, 1.165) is 0 Å². The van der Waals surface area contributed by atoms with Crippen LogP contribution in [0, 0.1) is 5.92 Å². The summed E-state index contributed by atoms with van der Waals surface area (Å²) in [5.74, 6) is -0.459. The highest BCUT2D eigenvalue weighted by molar-refractivity contribution is 6.02. The van der Waals surface area contributed by atoms with Crippen molar-refractivity contribution in [3.63, 3.8) is 0 Å². The van der Waals surface area contributed by atoms with Crippen molar-refractivity contribution in [2.45, 2.75) is 38.3 Å². The zero-order valence-corrected chi connectivity index (χ0v) is 9.43. The maximum atomic E-state index is 11.8. The topological polar surface area (TPSA) is 63.7 Å². The molecule has 2 aliphatic heterocycles. The number of nitrogens with zero attached hydrogens (tertiary/aromatic N) is 1. The lowest BCUT2D eigenvalue weighted by Crippen LogP contribution is -2.50. The van der Waals surface area contributed by atoms with E-state index in [1.165, 1.54) is 7.11 Å². The number of Topliss-reactive ketones (excluding diaryl/α,β-unsaturated/α-hetero) is 1. The van der Waals surface area contributed by atoms with Gasteiger partial charge in [-0.05, 0) is 12.3 Å². The fraction of sp³-hybridized carbons (Fsp3) is 0.727. The number of ether oxygens (including phenoxy) is 1. The monoisotopic (exact) mass is 225 g/mol. The van der Waals surface area contributed by atoms with Gasteiger partial charge in [0.05, 0.1) is 13.5 Å². The van der Waals surface area contributed by atoms with Crippen molar-refractivity contribution in [2.24, 2.45) is 5.92 Å². The number of fused-ring (bicyclic) bond motifs is 1. The number of carbonyl (C=O) groups excluding carboxylic acids is 3. The van der Waals surface area contributed by atoms with Gasteiger partial charge in [-0.3, -0.25) is 9.59 Å². The number of ketones is 1. The molecule has 0 aromatic carbocycles. The first-order valence-corrected chi connectivity index (χ1v) is 5.45. The molecule has 2 heterocycles. The van der Waals surface area contributed by atoms with Crippen molar-refractivity contribution in [2.75, 3.05) is 7.11 Å². The third-order valence-electron chi connectivity index (χ3n) is 3.49. The van der Waals surface area contributed by atoms with Crippen molar-refractivity contribution >= 4 is 17.7 Å². The van der Waals surface area contributed by atoms with Crippen molar-refractivity contribution < 1.29 is 19.1 Å². The van der Waals surface area contributed by atoms with Crippen LogP contribution in [0.1, 0.15) is 26.2 Å². The number of esters is 1. The summed E-state index contributed by atoms with van der Waals surface area (Å²) in [5.41, 5.74) is 0. The molecule has 1 unspecified atom stereocenters. The molecule has 0 aromatic rings. The van der Waals surface area contributed by atoms with Crippen LogP contribution in [0.4, 0.5) is 0 Å². The molecule has 0 spiro atoms. The summed E-state index contributed by atoms with van der Waals surface area (Å²) in [7, 11) is 1.32. The zero-order valence-electron chi connectivity index (χ0n) is 9.43. The van der Waals surface area contributed by atoms with Gasteiger partial charge in [-0.2, -0.15) is 0 Å². The van der Waals surface area contributed by atoms with Gasteiger partial charge in [-0.15, -0.1) is 0 Å². The van der Waals surface area contributed by atoms with Crippen LogP contribution in [-0.4, -0.2) is 41.8 Å². The maximum absolute atomic E-state index is 11.8. The average Bonchev–Trinajstić information content (AvgIpc) is 2.55. The van der Waals surface area contributed by atoms with Gasteiger partial charge in [-0.25, -0.2) is 4.79 Å². The quantitative estimate of drug-likeness (QED) is 0.470. The van der Waals surface area contributed by atoms with E-state index in [1.807, 2.05) is 6.92 Å². The lowest BCUT2D eigenvalue weighted by Gasteiger charge is -2.33. The second-order valence-corrected chi connectivity index (χ2v) is 4.54. The van der Waals surface area contributed by atoms with Crippen LogP contribution in [0.25, 0.3) is 0 Å². The first-order valence-electron chi connectivity index (χ1n) is 5.45. The highest BCUT2D eigenvalue weighted by atomic mass is 16.5. The summed E-state index contributed by atoms with van der Waals surface area (Å²) in [6.45, 7) is 1.96. The van der Waals surface area contributed by atoms with E-state index in [9.17, 15) is 14.4 Å². The third-order valence-corrected chi connectivity index (χ3v) is 3.49. The second-order valence-electron chi connectivity index (χ2n) is 4.54. The maximum Gasteiger partial charge on any atom is 0.328 e. The standard InChI is InChI=1S/C11H15NO4/c1-6-3-9(11(15)16-2)12-8(6)4-7(13)5-10(12)14/h6,8-9H,3-5H2,1-2H3/t6-,8?,9-/m0/s1. The molecule has 3 atom stereocenters. The summed E-state index contributed by atoms with van der Waals surface area (Å²) in [4.78, 5) is 36.2. The largest absolute Gasteiger partial charge is 0.467 e. The Morgan fingerprint density at radius 3 is 2.75 bits per heavy atom. The van der Waals surface area contributed by atoms with E-state index < -0.39 is 6.04 Å². The van der Waals surface area contributed by atoms with Gasteiger partial charge in [-0.1, -0.05) is 6.92 Å². The molecule has 1 amide bonds. The van der Waals surface area contributed by atoms with E-state index in [1.54, 1.807) is 4.90 Å². The van der Waals surface area contributed by atoms with E-state index in [0.29, 0.717) is 12.8 Å². The molecule has 2 rings (SSSR count). The molecule has 16 heavy (non-hydrogen) atoms. The van der Waals surface area contributed by atoms with E-state index in [4.69, 9.17) is 0 Å². The van der Waals surface area contributed by atoms with Crippen molar-refractivity contribution in [1.29, 1.82) is 0 Å². The van der Waals surface area contributed by atoms with Gasteiger partial charge in [0.2, 0.25) is 5.91 Å². The van der Waals surface area contributed by atoms with Crippen LogP contribution in [0.2, 0.25) is 0 Å². The Labute approximate surface area is 93.7 Å². The Balaban J connectivity index is 2.25. The average molecular weight is 225 g/mol. The van der Waals surface area contributed by atoms with Crippen molar-refractivity contribution in [1.82, 2.24) is 4.90 Å². The molecule has 0 bridgehead atoms. The van der Waals surface area contributed by atoms with Crippen molar-refractivity contribution in [3.8, 4) is 0 Å². The van der Waals surface area contributed by atoms with E-state index in [2.05, 4.69) is 4.74 Å². The van der Waals surface area contributed by atoms with Gasteiger partial charge in [0.15, 0.2) is 0 Å². The molecule has 88 valence electrons. The number of piperidine rings is 1. The van der Waals surface area contributed by atoms with Crippen molar-refractivity contribution in [3.05, 3.63) is 0 Å². The summed E-state index contributed by atoms with van der Waals surface area (Å²) in [6.07, 6.45) is 0.896. The minimum Gasteiger partial charge on any atom is -0.467 e. The van der Waals surface area contributed by atoms with E-state index >= 15 is 0 Å². The first-order chi connectivity index (χ1) is 7.54. The summed E-state index contributed by atoms with van der Waals surface area (Å²) < 4.78 is 4.69. The normalized spacial score (nSPS) is 33.9. The molecule has 5 nitrogen and oxygen atoms in total. The second kappa shape index (κ2) is 3.88. The van der Waals surface area contributed by atoms with E-state index in [-0.39, 0.29) is 36.0 Å². The number of carbonyl (C=O) groups is 3. The molecule has 0 aliphatic carbocycles. The molecule has 0 aromatic heterocycles. The van der Waals surface area contributed by atoms with Crippen LogP contribution < -0.4 is 0 Å². The van der Waals surface area contributed by atoms with Crippen LogP contribution >= 0.6 is 0 Å². The SMILES string of the molecule is COC(=O)[C@@H]1C[C@H](C)C2CC(=O)CC(=O)N21. The van der Waals surface area contributed by atoms with Gasteiger partial charge in [0, 0.05) is 12.5 Å². The number of amides is 1. The summed E-state index contributed by atoms with van der Waals surface area (Å²) in [6, 6.07) is -0.608. The van der Waals surface area contributed by atoms with Crippen LogP contribution in [-0.2, 0) is 19.1 Å². The molecule has 0 N–H and O–H groups in total. The number of methoxy groups -OCH3 is 1. The van der Waals surface area contributed by atoms with Gasteiger partial charge >= 0.3 is 5.97 Å². The summed E-state index contributed by atoms with van der Waals surface area (Å²) >= 11 is 0. The molecule has 0 saturated carbocycles.